The van der Waals surface area contributed by atoms with Gasteiger partial charge in [0.25, 0.3) is 0 Å². The molecule has 0 fully saturated rings. The number of carbonyl (C=O) groups is 1. The van der Waals surface area contributed by atoms with Crippen LogP contribution in [0.1, 0.15) is 71.1 Å². The van der Waals surface area contributed by atoms with Gasteiger partial charge >= 0.3 is 5.97 Å². The van der Waals surface area contributed by atoms with Crippen molar-refractivity contribution in [2.75, 3.05) is 5.48 Å². The van der Waals surface area contributed by atoms with Crippen molar-refractivity contribution in [1.29, 1.82) is 0 Å². The van der Waals surface area contributed by atoms with Crippen LogP contribution in [-0.4, -0.2) is 11.1 Å². The molecular formula is C18H29NO3. The molecule has 0 aliphatic heterocycles. The third kappa shape index (κ3) is 9.27. The molecule has 0 aliphatic rings. The number of nitrogens with one attached hydrogen (secondary N) is 1. The molecule has 0 saturated heterocycles. The minimum Gasteiger partial charge on any atom is -0.508 e. The average molecular weight is 307 g/mol. The lowest BCUT2D eigenvalue weighted by Gasteiger charge is -2.07. The van der Waals surface area contributed by atoms with Gasteiger partial charge in [0, 0.05) is 6.42 Å². The predicted octanol–water partition coefficient (Wildman–Crippen LogP) is 5.18. The van der Waals surface area contributed by atoms with E-state index in [-0.39, 0.29) is 11.7 Å². The topological polar surface area (TPSA) is 58.6 Å². The fraction of sp³-hybridized carbons (Fsp3) is 0.611. The van der Waals surface area contributed by atoms with Gasteiger partial charge in [-0.15, -0.1) is 0 Å². The summed E-state index contributed by atoms with van der Waals surface area (Å²) in [5, 5.41) is 9.15. The Bertz CT molecular complexity index is 403. The third-order valence-electron chi connectivity index (χ3n) is 3.63. The van der Waals surface area contributed by atoms with E-state index in [1.54, 1.807) is 12.1 Å². The van der Waals surface area contributed by atoms with Gasteiger partial charge in [-0.1, -0.05) is 58.3 Å². The molecule has 0 unspecified atom stereocenters. The second-order valence-electron chi connectivity index (χ2n) is 5.70. The summed E-state index contributed by atoms with van der Waals surface area (Å²) in [6.45, 7) is 2.23. The molecule has 0 spiro atoms. The van der Waals surface area contributed by atoms with Crippen LogP contribution in [0, 0.1) is 0 Å². The quantitative estimate of drug-likeness (QED) is 0.317. The highest BCUT2D eigenvalue weighted by molar-refractivity contribution is 5.70. The number of anilines is 1. The van der Waals surface area contributed by atoms with Gasteiger partial charge < -0.3 is 9.94 Å². The lowest BCUT2D eigenvalue weighted by Crippen LogP contribution is -2.09. The van der Waals surface area contributed by atoms with Gasteiger partial charge in [0.15, 0.2) is 0 Å². The zero-order chi connectivity index (χ0) is 16.0. The number of hydrogen-bond acceptors (Lipinski definition) is 4. The second kappa shape index (κ2) is 11.9. The van der Waals surface area contributed by atoms with Crippen LogP contribution in [0.25, 0.3) is 0 Å². The average Bonchev–Trinajstić information content (AvgIpc) is 2.53. The molecule has 22 heavy (non-hydrogen) atoms. The normalized spacial score (nSPS) is 10.4. The molecule has 1 aromatic carbocycles. The molecule has 4 heteroatoms. The van der Waals surface area contributed by atoms with Crippen molar-refractivity contribution in [3.05, 3.63) is 24.3 Å². The second-order valence-corrected chi connectivity index (χ2v) is 5.70. The first-order chi connectivity index (χ1) is 10.7. The Balaban J connectivity index is 1.94. The standard InChI is InChI=1S/C18H29NO3/c1-2-3-4-5-6-7-8-9-10-11-18(21)22-19-16-12-14-17(20)15-13-16/h12-15,19-20H,2-11H2,1H3. The van der Waals surface area contributed by atoms with Crippen molar-refractivity contribution < 1.29 is 14.7 Å². The van der Waals surface area contributed by atoms with Crippen molar-refractivity contribution in [2.24, 2.45) is 0 Å². The van der Waals surface area contributed by atoms with Crippen molar-refractivity contribution in [2.45, 2.75) is 71.1 Å². The third-order valence-corrected chi connectivity index (χ3v) is 3.63. The highest BCUT2D eigenvalue weighted by Crippen LogP contribution is 2.14. The fourth-order valence-corrected chi connectivity index (χ4v) is 2.28. The summed E-state index contributed by atoms with van der Waals surface area (Å²) >= 11 is 0. The van der Waals surface area contributed by atoms with Crippen molar-refractivity contribution in [1.82, 2.24) is 0 Å². The first kappa shape index (κ1) is 18.3. The zero-order valence-corrected chi connectivity index (χ0v) is 13.6. The Morgan fingerprint density at radius 3 is 2.09 bits per heavy atom. The van der Waals surface area contributed by atoms with E-state index in [2.05, 4.69) is 12.4 Å². The van der Waals surface area contributed by atoms with Gasteiger partial charge in [-0.2, -0.15) is 0 Å². The number of rotatable bonds is 12. The lowest BCUT2D eigenvalue weighted by atomic mass is 10.1. The molecule has 0 bridgehead atoms. The molecule has 0 saturated carbocycles. The molecule has 0 atom stereocenters. The maximum absolute atomic E-state index is 11.6. The van der Waals surface area contributed by atoms with Gasteiger partial charge in [0.05, 0.1) is 5.69 Å². The van der Waals surface area contributed by atoms with Crippen LogP contribution in [-0.2, 0) is 9.63 Å². The highest BCUT2D eigenvalue weighted by atomic mass is 16.7. The van der Waals surface area contributed by atoms with E-state index >= 15 is 0 Å². The Hall–Kier alpha value is -1.71. The van der Waals surface area contributed by atoms with Crippen LogP contribution in [0.4, 0.5) is 5.69 Å². The van der Waals surface area contributed by atoms with Gasteiger partial charge in [-0.05, 0) is 30.7 Å². The van der Waals surface area contributed by atoms with E-state index < -0.39 is 0 Å². The first-order valence-electron chi connectivity index (χ1n) is 8.47. The summed E-state index contributed by atoms with van der Waals surface area (Å²) < 4.78 is 0. The molecule has 0 amide bonds. The van der Waals surface area contributed by atoms with Crippen molar-refractivity contribution in [3.8, 4) is 5.75 Å². The van der Waals surface area contributed by atoms with Crippen LogP contribution < -0.4 is 5.48 Å². The van der Waals surface area contributed by atoms with E-state index in [4.69, 9.17) is 9.94 Å². The maximum atomic E-state index is 11.6. The van der Waals surface area contributed by atoms with Gasteiger partial charge in [0.2, 0.25) is 0 Å². The summed E-state index contributed by atoms with van der Waals surface area (Å²) in [6, 6.07) is 6.38. The van der Waals surface area contributed by atoms with Crippen LogP contribution in [0.5, 0.6) is 5.75 Å². The molecule has 124 valence electrons. The zero-order valence-electron chi connectivity index (χ0n) is 13.6. The summed E-state index contributed by atoms with van der Waals surface area (Å²) in [5.41, 5.74) is 3.24. The van der Waals surface area contributed by atoms with E-state index in [1.165, 1.54) is 57.1 Å². The number of hydrogen-bond donors (Lipinski definition) is 2. The molecule has 2 N–H and O–H groups in total. The number of unbranched alkanes of at least 4 members (excludes halogenated alkanes) is 8. The smallest absolute Gasteiger partial charge is 0.332 e. The summed E-state index contributed by atoms with van der Waals surface area (Å²) in [6.07, 6.45) is 11.5. The SMILES string of the molecule is CCCCCCCCCCCC(=O)ONc1ccc(O)cc1. The van der Waals surface area contributed by atoms with Crippen molar-refractivity contribution >= 4 is 11.7 Å². The minimum absolute atomic E-state index is 0.187. The Kier molecular flexibility index (Phi) is 9.92. The van der Waals surface area contributed by atoms with E-state index in [0.717, 1.165) is 12.8 Å². The Morgan fingerprint density at radius 1 is 0.955 bits per heavy atom. The monoisotopic (exact) mass is 307 g/mol. The number of phenolic OH excluding ortho intramolecular Hbond substituents is 1. The number of aromatic hydroxyl groups is 1. The lowest BCUT2D eigenvalue weighted by molar-refractivity contribution is -0.140. The van der Waals surface area contributed by atoms with Crippen LogP contribution >= 0.6 is 0 Å². The minimum atomic E-state index is -0.240. The van der Waals surface area contributed by atoms with Crippen LogP contribution in [0.15, 0.2) is 24.3 Å². The van der Waals surface area contributed by atoms with Gasteiger partial charge in [-0.25, -0.2) is 10.3 Å². The van der Waals surface area contributed by atoms with Gasteiger partial charge in [-0.3, -0.25) is 0 Å². The Morgan fingerprint density at radius 2 is 1.50 bits per heavy atom. The van der Waals surface area contributed by atoms with E-state index in [1.807, 2.05) is 0 Å². The molecule has 4 nitrogen and oxygen atoms in total. The molecule has 0 aliphatic carbocycles. The number of phenols is 1. The van der Waals surface area contributed by atoms with E-state index in [0.29, 0.717) is 12.1 Å². The largest absolute Gasteiger partial charge is 0.508 e. The van der Waals surface area contributed by atoms with Crippen molar-refractivity contribution in [3.63, 3.8) is 0 Å². The Labute approximate surface area is 133 Å². The molecule has 0 radical (unpaired) electrons. The van der Waals surface area contributed by atoms with Crippen LogP contribution in [0.3, 0.4) is 0 Å². The van der Waals surface area contributed by atoms with Crippen LogP contribution in [0.2, 0.25) is 0 Å². The molecule has 0 aromatic heterocycles. The fourth-order valence-electron chi connectivity index (χ4n) is 2.28. The molecule has 1 aromatic rings. The molecule has 1 rings (SSSR count). The number of benzene rings is 1. The first-order valence-corrected chi connectivity index (χ1v) is 8.47. The summed E-state index contributed by atoms with van der Waals surface area (Å²) in [5.74, 6) is -0.0532. The van der Waals surface area contributed by atoms with Gasteiger partial charge in [0.1, 0.15) is 5.75 Å². The maximum Gasteiger partial charge on any atom is 0.332 e. The summed E-state index contributed by atoms with van der Waals surface area (Å²) in [4.78, 5) is 16.5. The molecular weight excluding hydrogens is 278 g/mol. The predicted molar refractivity (Wildman–Crippen MR) is 89.7 cm³/mol. The molecule has 0 heterocycles. The highest BCUT2D eigenvalue weighted by Gasteiger charge is 2.03. The number of carbonyl (C=O) groups excluding carboxylic acids is 1. The summed E-state index contributed by atoms with van der Waals surface area (Å²) in [7, 11) is 0. The van der Waals surface area contributed by atoms with E-state index in [9.17, 15) is 4.79 Å².